The van der Waals surface area contributed by atoms with Crippen LogP contribution in [0, 0.1) is 0 Å². The maximum absolute atomic E-state index is 11.3. The first kappa shape index (κ1) is 15.3. The number of carbonyl (C=O) groups is 1. The van der Waals surface area contributed by atoms with E-state index in [4.69, 9.17) is 9.84 Å². The lowest BCUT2D eigenvalue weighted by atomic mass is 10.2. The van der Waals surface area contributed by atoms with E-state index in [1.807, 2.05) is 6.92 Å². The number of hydrogen-bond acceptors (Lipinski definition) is 4. The highest BCUT2D eigenvalue weighted by atomic mass is 16.5. The van der Waals surface area contributed by atoms with Crippen LogP contribution in [0.25, 0.3) is 0 Å². The smallest absolute Gasteiger partial charge is 0.234 e. The van der Waals surface area contributed by atoms with Crippen molar-refractivity contribution < 1.29 is 14.6 Å². The summed E-state index contributed by atoms with van der Waals surface area (Å²) in [6.07, 6.45) is 1.37. The highest BCUT2D eigenvalue weighted by Crippen LogP contribution is 1.92. The van der Waals surface area contributed by atoms with Crippen molar-refractivity contribution in [2.45, 2.75) is 38.8 Å². The minimum atomic E-state index is -0.266. The summed E-state index contributed by atoms with van der Waals surface area (Å²) in [6.45, 7) is 5.24. The van der Waals surface area contributed by atoms with Crippen LogP contribution >= 0.6 is 0 Å². The second kappa shape index (κ2) is 9.57. The van der Waals surface area contributed by atoms with Gasteiger partial charge in [-0.3, -0.25) is 4.79 Å². The molecule has 0 aromatic rings. The van der Waals surface area contributed by atoms with E-state index in [-0.39, 0.29) is 18.1 Å². The average Bonchev–Trinajstić information content (AvgIpc) is 2.16. The lowest BCUT2D eigenvalue weighted by Gasteiger charge is -2.13. The number of nitrogens with one attached hydrogen (secondary N) is 2. The molecule has 2 atom stereocenters. The molecular formula is C11H24N2O3. The molecular weight excluding hydrogens is 208 g/mol. The maximum Gasteiger partial charge on any atom is 0.234 e. The minimum absolute atomic E-state index is 0.0263. The van der Waals surface area contributed by atoms with Gasteiger partial charge in [0.2, 0.25) is 5.91 Å². The van der Waals surface area contributed by atoms with Crippen LogP contribution < -0.4 is 10.6 Å². The van der Waals surface area contributed by atoms with Crippen LogP contribution in [0.1, 0.15) is 26.7 Å². The third-order valence-electron chi connectivity index (χ3n) is 2.09. The summed E-state index contributed by atoms with van der Waals surface area (Å²) in [5.41, 5.74) is 0. The number of aliphatic hydroxyl groups is 1. The second-order valence-electron chi connectivity index (χ2n) is 4.09. The summed E-state index contributed by atoms with van der Waals surface area (Å²) in [5.74, 6) is -0.0263. The van der Waals surface area contributed by atoms with Crippen molar-refractivity contribution in [1.29, 1.82) is 0 Å². The summed E-state index contributed by atoms with van der Waals surface area (Å²) in [4.78, 5) is 11.3. The van der Waals surface area contributed by atoms with Crippen molar-refractivity contribution in [3.8, 4) is 0 Å². The topological polar surface area (TPSA) is 70.6 Å². The molecule has 0 rings (SSSR count). The van der Waals surface area contributed by atoms with Gasteiger partial charge in [-0.15, -0.1) is 0 Å². The van der Waals surface area contributed by atoms with Crippen LogP contribution in [0.15, 0.2) is 0 Å². The fourth-order valence-electron chi connectivity index (χ4n) is 1.34. The maximum atomic E-state index is 11.3. The Morgan fingerprint density at radius 2 is 2.12 bits per heavy atom. The van der Waals surface area contributed by atoms with Crippen molar-refractivity contribution in [2.75, 3.05) is 26.8 Å². The fourth-order valence-corrected chi connectivity index (χ4v) is 1.34. The lowest BCUT2D eigenvalue weighted by Crippen LogP contribution is -2.41. The lowest BCUT2D eigenvalue weighted by molar-refractivity contribution is -0.121. The van der Waals surface area contributed by atoms with Gasteiger partial charge in [-0.05, 0) is 33.2 Å². The molecule has 3 N–H and O–H groups in total. The Balaban J connectivity index is 3.36. The molecule has 96 valence electrons. The van der Waals surface area contributed by atoms with Gasteiger partial charge in [-0.25, -0.2) is 0 Å². The molecule has 5 nitrogen and oxygen atoms in total. The molecule has 0 aromatic heterocycles. The van der Waals surface area contributed by atoms with E-state index in [9.17, 15) is 4.79 Å². The standard InChI is InChI=1S/C11H24N2O3/c1-9(8-16-3)13-11(15)7-12-6-4-5-10(2)14/h9-10,12,14H,4-8H2,1-3H3,(H,13,15). The van der Waals surface area contributed by atoms with E-state index >= 15 is 0 Å². The fraction of sp³-hybridized carbons (Fsp3) is 0.909. The first-order valence-corrected chi connectivity index (χ1v) is 5.73. The quantitative estimate of drug-likeness (QED) is 0.485. The normalized spacial score (nSPS) is 14.5. The highest BCUT2D eigenvalue weighted by molar-refractivity contribution is 5.78. The van der Waals surface area contributed by atoms with Crippen LogP contribution in [-0.2, 0) is 9.53 Å². The SMILES string of the molecule is COCC(C)NC(=O)CNCCCC(C)O. The van der Waals surface area contributed by atoms with Gasteiger partial charge in [0.05, 0.1) is 19.3 Å². The van der Waals surface area contributed by atoms with Gasteiger partial charge in [-0.1, -0.05) is 0 Å². The number of hydrogen-bond donors (Lipinski definition) is 3. The van der Waals surface area contributed by atoms with E-state index in [1.54, 1.807) is 14.0 Å². The molecule has 0 heterocycles. The van der Waals surface area contributed by atoms with Gasteiger partial charge < -0.3 is 20.5 Å². The van der Waals surface area contributed by atoms with Crippen LogP contribution in [0.5, 0.6) is 0 Å². The van der Waals surface area contributed by atoms with Crippen LogP contribution in [0.4, 0.5) is 0 Å². The number of methoxy groups -OCH3 is 1. The molecule has 0 saturated carbocycles. The van der Waals surface area contributed by atoms with E-state index in [0.717, 1.165) is 19.4 Å². The summed E-state index contributed by atoms with van der Waals surface area (Å²) >= 11 is 0. The predicted octanol–water partition coefficient (Wildman–Crippen LogP) is -0.112. The van der Waals surface area contributed by atoms with Gasteiger partial charge in [0.1, 0.15) is 0 Å². The van der Waals surface area contributed by atoms with Gasteiger partial charge in [0, 0.05) is 13.2 Å². The molecule has 0 aliphatic heterocycles. The Morgan fingerprint density at radius 3 is 2.69 bits per heavy atom. The van der Waals surface area contributed by atoms with Gasteiger partial charge >= 0.3 is 0 Å². The van der Waals surface area contributed by atoms with Crippen LogP contribution in [0.3, 0.4) is 0 Å². The molecule has 1 amide bonds. The predicted molar refractivity (Wildman–Crippen MR) is 63.3 cm³/mol. The number of amides is 1. The van der Waals surface area contributed by atoms with Gasteiger partial charge in [0.15, 0.2) is 0 Å². The van der Waals surface area contributed by atoms with Crippen LogP contribution in [0.2, 0.25) is 0 Å². The van der Waals surface area contributed by atoms with E-state index < -0.39 is 0 Å². The van der Waals surface area contributed by atoms with E-state index in [2.05, 4.69) is 10.6 Å². The van der Waals surface area contributed by atoms with Crippen molar-refractivity contribution in [1.82, 2.24) is 10.6 Å². The van der Waals surface area contributed by atoms with Gasteiger partial charge in [-0.2, -0.15) is 0 Å². The molecule has 0 aliphatic rings. The third kappa shape index (κ3) is 9.89. The second-order valence-corrected chi connectivity index (χ2v) is 4.09. The molecule has 5 heteroatoms. The molecule has 0 aromatic carbocycles. The molecule has 16 heavy (non-hydrogen) atoms. The Bertz CT molecular complexity index is 186. The first-order valence-electron chi connectivity index (χ1n) is 5.73. The molecule has 0 fully saturated rings. The Hall–Kier alpha value is -0.650. The van der Waals surface area contributed by atoms with E-state index in [0.29, 0.717) is 13.2 Å². The van der Waals surface area contributed by atoms with Crippen molar-refractivity contribution in [3.05, 3.63) is 0 Å². The first-order chi connectivity index (χ1) is 7.56. The zero-order valence-corrected chi connectivity index (χ0v) is 10.5. The summed E-state index contributed by atoms with van der Waals surface area (Å²) in [5, 5.41) is 14.8. The number of aliphatic hydroxyl groups excluding tert-OH is 1. The van der Waals surface area contributed by atoms with Crippen molar-refractivity contribution in [3.63, 3.8) is 0 Å². The van der Waals surface area contributed by atoms with E-state index in [1.165, 1.54) is 0 Å². The monoisotopic (exact) mass is 232 g/mol. The highest BCUT2D eigenvalue weighted by Gasteiger charge is 2.05. The molecule has 0 saturated heterocycles. The van der Waals surface area contributed by atoms with Gasteiger partial charge in [0.25, 0.3) is 0 Å². The zero-order chi connectivity index (χ0) is 12.4. The van der Waals surface area contributed by atoms with Crippen molar-refractivity contribution in [2.24, 2.45) is 0 Å². The summed E-state index contributed by atoms with van der Waals surface area (Å²) in [6, 6.07) is 0.0387. The molecule has 0 spiro atoms. The zero-order valence-electron chi connectivity index (χ0n) is 10.5. The van der Waals surface area contributed by atoms with Crippen LogP contribution in [-0.4, -0.2) is 50.0 Å². The average molecular weight is 232 g/mol. The Kier molecular flexibility index (Phi) is 9.18. The minimum Gasteiger partial charge on any atom is -0.393 e. The summed E-state index contributed by atoms with van der Waals surface area (Å²) in [7, 11) is 1.61. The number of rotatable bonds is 9. The van der Waals surface area contributed by atoms with Crippen molar-refractivity contribution >= 4 is 5.91 Å². The summed E-state index contributed by atoms with van der Waals surface area (Å²) < 4.78 is 4.91. The molecule has 0 aliphatic carbocycles. The molecule has 0 radical (unpaired) electrons. The number of ether oxygens (including phenoxy) is 1. The Morgan fingerprint density at radius 1 is 1.44 bits per heavy atom. The Labute approximate surface area is 97.6 Å². The third-order valence-corrected chi connectivity index (χ3v) is 2.09. The largest absolute Gasteiger partial charge is 0.393 e. The molecule has 2 unspecified atom stereocenters. The molecule has 0 bridgehead atoms. The number of carbonyl (C=O) groups excluding carboxylic acids is 1.